The SMILES string of the molecule is CC1(C)OC[C@@]23[C@H]4[C@H](O)C[C@]5(C)[C@@H](C6=CC(=O)OC6)CC[C@]5(O)[C@@H]4CC[C@]2(O)C[C@H](O)C[C@H]3O1. The molecule has 8 heteroatoms. The summed E-state index contributed by atoms with van der Waals surface area (Å²) in [5, 5.41) is 46.9. The van der Waals surface area contributed by atoms with Crippen LogP contribution in [0.25, 0.3) is 0 Å². The van der Waals surface area contributed by atoms with Gasteiger partial charge in [-0.15, -0.1) is 0 Å². The molecule has 0 amide bonds. The number of carbonyl (C=O) groups excluding carboxylic acids is 1. The Labute approximate surface area is 200 Å². The lowest BCUT2D eigenvalue weighted by Crippen LogP contribution is -2.78. The zero-order valence-corrected chi connectivity index (χ0v) is 20.3. The fraction of sp³-hybridized carbons (Fsp3) is 0.885. The van der Waals surface area contributed by atoms with E-state index in [0.29, 0.717) is 32.1 Å². The van der Waals surface area contributed by atoms with Crippen LogP contribution in [-0.4, -0.2) is 74.9 Å². The summed E-state index contributed by atoms with van der Waals surface area (Å²) in [7, 11) is 0. The highest BCUT2D eigenvalue weighted by molar-refractivity contribution is 5.85. The second kappa shape index (κ2) is 7.05. The molecular weight excluding hydrogens is 440 g/mol. The maximum atomic E-state index is 12.4. The van der Waals surface area contributed by atoms with Gasteiger partial charge in [-0.2, -0.15) is 0 Å². The van der Waals surface area contributed by atoms with Gasteiger partial charge in [0, 0.05) is 30.3 Å². The Bertz CT molecular complexity index is 932. The highest BCUT2D eigenvalue weighted by atomic mass is 16.7. The van der Waals surface area contributed by atoms with Gasteiger partial charge in [0.05, 0.1) is 41.5 Å². The highest BCUT2D eigenvalue weighted by Gasteiger charge is 2.76. The smallest absolute Gasteiger partial charge is 0.331 e. The van der Waals surface area contributed by atoms with Gasteiger partial charge in [0.1, 0.15) is 6.61 Å². The number of rotatable bonds is 1. The molecule has 0 aromatic heterocycles. The lowest BCUT2D eigenvalue weighted by molar-refractivity contribution is -0.401. The quantitative estimate of drug-likeness (QED) is 0.417. The molecule has 1 saturated heterocycles. The van der Waals surface area contributed by atoms with E-state index in [1.165, 1.54) is 0 Å². The third-order valence-electron chi connectivity index (χ3n) is 10.8. The average Bonchev–Trinajstić information content (AvgIpc) is 3.26. The summed E-state index contributed by atoms with van der Waals surface area (Å²) in [5.41, 5.74) is -2.92. The molecule has 4 saturated carbocycles. The Balaban J connectivity index is 1.43. The van der Waals surface area contributed by atoms with Crippen molar-refractivity contribution in [1.29, 1.82) is 0 Å². The van der Waals surface area contributed by atoms with Crippen molar-refractivity contribution >= 4 is 5.97 Å². The zero-order chi connectivity index (χ0) is 24.3. The van der Waals surface area contributed by atoms with E-state index in [1.807, 2.05) is 20.8 Å². The van der Waals surface area contributed by atoms with Gasteiger partial charge in [-0.05, 0) is 63.4 Å². The number of fused-ring (bicyclic) bond motifs is 3. The molecule has 10 atom stereocenters. The standard InChI is InChI=1S/C26H38O8/c1-22(2)33-13-25-19(34-22)9-15(27)10-24(25,30)6-4-17-21(25)18(28)11-23(3)16(5-7-26(17,23)31)14-8-20(29)32-12-14/h8,15-19,21,27-28,30-31H,4-7,9-13H2,1-3H3/t15-,16-,17-,18-,19-,21-,23-,24+,25-,26+/m1/s1. The van der Waals surface area contributed by atoms with Gasteiger partial charge < -0.3 is 34.6 Å². The van der Waals surface area contributed by atoms with Crippen LogP contribution in [0, 0.1) is 28.6 Å². The molecule has 0 aromatic rings. The molecule has 0 unspecified atom stereocenters. The Hall–Kier alpha value is -1.03. The molecule has 2 aliphatic heterocycles. The van der Waals surface area contributed by atoms with Crippen LogP contribution in [-0.2, 0) is 19.0 Å². The van der Waals surface area contributed by atoms with Crippen molar-refractivity contribution in [2.24, 2.45) is 28.6 Å². The van der Waals surface area contributed by atoms with Gasteiger partial charge in [0.25, 0.3) is 0 Å². The lowest BCUT2D eigenvalue weighted by atomic mass is 9.40. The first-order valence-corrected chi connectivity index (χ1v) is 12.9. The fourth-order valence-electron chi connectivity index (χ4n) is 9.45. The number of carbonyl (C=O) groups is 1. The number of aliphatic hydroxyl groups excluding tert-OH is 2. The van der Waals surface area contributed by atoms with Crippen LogP contribution in [0.4, 0.5) is 0 Å². The number of aliphatic hydroxyl groups is 4. The van der Waals surface area contributed by atoms with Crippen molar-refractivity contribution in [2.45, 2.75) is 101 Å². The van der Waals surface area contributed by atoms with E-state index in [9.17, 15) is 25.2 Å². The van der Waals surface area contributed by atoms with Gasteiger partial charge in [0.2, 0.25) is 0 Å². The second-order valence-corrected chi connectivity index (χ2v) is 12.7. The van der Waals surface area contributed by atoms with Crippen molar-refractivity contribution in [2.75, 3.05) is 13.2 Å². The maximum absolute atomic E-state index is 12.4. The molecule has 1 spiro atoms. The molecule has 6 rings (SSSR count). The van der Waals surface area contributed by atoms with Crippen LogP contribution < -0.4 is 0 Å². The largest absolute Gasteiger partial charge is 0.458 e. The van der Waals surface area contributed by atoms with Crippen LogP contribution in [0.2, 0.25) is 0 Å². The van der Waals surface area contributed by atoms with E-state index < -0.39 is 52.0 Å². The summed E-state index contributed by atoms with van der Waals surface area (Å²) in [6.07, 6.45) is 2.81. The summed E-state index contributed by atoms with van der Waals surface area (Å²) in [5.74, 6) is -1.91. The predicted molar refractivity (Wildman–Crippen MR) is 119 cm³/mol. The molecule has 8 nitrogen and oxygen atoms in total. The number of ether oxygens (including phenoxy) is 3. The van der Waals surface area contributed by atoms with E-state index in [-0.39, 0.29) is 37.4 Å². The van der Waals surface area contributed by atoms with Crippen molar-refractivity contribution in [1.82, 2.24) is 0 Å². The minimum atomic E-state index is -1.25. The maximum Gasteiger partial charge on any atom is 0.331 e. The first-order valence-electron chi connectivity index (χ1n) is 12.9. The Morgan fingerprint density at radius 3 is 2.53 bits per heavy atom. The van der Waals surface area contributed by atoms with E-state index in [2.05, 4.69) is 0 Å². The Morgan fingerprint density at radius 1 is 1.06 bits per heavy atom. The zero-order valence-electron chi connectivity index (χ0n) is 20.3. The molecule has 5 fully saturated rings. The Morgan fingerprint density at radius 2 is 1.82 bits per heavy atom. The van der Waals surface area contributed by atoms with E-state index >= 15 is 0 Å². The molecule has 6 aliphatic rings. The van der Waals surface area contributed by atoms with Crippen LogP contribution >= 0.6 is 0 Å². The van der Waals surface area contributed by atoms with Crippen molar-refractivity contribution in [3.63, 3.8) is 0 Å². The van der Waals surface area contributed by atoms with Crippen molar-refractivity contribution < 1.29 is 39.4 Å². The van der Waals surface area contributed by atoms with Gasteiger partial charge in [0.15, 0.2) is 5.79 Å². The second-order valence-electron chi connectivity index (χ2n) is 12.7. The van der Waals surface area contributed by atoms with Gasteiger partial charge >= 0.3 is 5.97 Å². The molecule has 4 aliphatic carbocycles. The fourth-order valence-corrected chi connectivity index (χ4v) is 9.45. The van der Waals surface area contributed by atoms with Gasteiger partial charge in [-0.1, -0.05) is 6.92 Å². The number of esters is 1. The minimum absolute atomic E-state index is 0.0420. The predicted octanol–water partition coefficient (Wildman–Crippen LogP) is 1.43. The monoisotopic (exact) mass is 478 g/mol. The summed E-state index contributed by atoms with van der Waals surface area (Å²) < 4.78 is 17.7. The number of hydrogen-bond acceptors (Lipinski definition) is 8. The highest BCUT2D eigenvalue weighted by Crippen LogP contribution is 2.71. The first kappa shape index (κ1) is 23.4. The number of hydrogen-bond donors (Lipinski definition) is 4. The molecule has 34 heavy (non-hydrogen) atoms. The number of cyclic esters (lactones) is 1. The lowest BCUT2D eigenvalue weighted by Gasteiger charge is -2.70. The van der Waals surface area contributed by atoms with Crippen LogP contribution in [0.1, 0.15) is 65.7 Å². The molecule has 4 N–H and O–H groups in total. The first-order chi connectivity index (χ1) is 15.9. The minimum Gasteiger partial charge on any atom is -0.458 e. The average molecular weight is 479 g/mol. The van der Waals surface area contributed by atoms with E-state index in [0.717, 1.165) is 12.0 Å². The van der Waals surface area contributed by atoms with Gasteiger partial charge in [-0.25, -0.2) is 4.79 Å². The third-order valence-corrected chi connectivity index (χ3v) is 10.8. The third kappa shape index (κ3) is 2.78. The normalized spacial score (nSPS) is 56.0. The van der Waals surface area contributed by atoms with Gasteiger partial charge in [-0.3, -0.25) is 0 Å². The van der Waals surface area contributed by atoms with Crippen LogP contribution in [0.15, 0.2) is 11.6 Å². The molecule has 0 radical (unpaired) electrons. The van der Waals surface area contributed by atoms with Crippen LogP contribution in [0.5, 0.6) is 0 Å². The van der Waals surface area contributed by atoms with Crippen molar-refractivity contribution in [3.8, 4) is 0 Å². The molecule has 0 bridgehead atoms. The summed E-state index contributed by atoms with van der Waals surface area (Å²) in [4.78, 5) is 11.8. The summed E-state index contributed by atoms with van der Waals surface area (Å²) in [6, 6.07) is 0. The Kier molecular flexibility index (Phi) is 4.84. The topological polar surface area (TPSA) is 126 Å². The molecular formula is C26H38O8. The molecule has 0 aromatic carbocycles. The summed E-state index contributed by atoms with van der Waals surface area (Å²) in [6.45, 7) is 6.19. The van der Waals surface area contributed by atoms with E-state index in [1.54, 1.807) is 6.08 Å². The van der Waals surface area contributed by atoms with Crippen LogP contribution in [0.3, 0.4) is 0 Å². The summed E-state index contributed by atoms with van der Waals surface area (Å²) >= 11 is 0. The molecule has 190 valence electrons. The molecule has 2 heterocycles. The van der Waals surface area contributed by atoms with E-state index in [4.69, 9.17) is 14.2 Å². The van der Waals surface area contributed by atoms with Crippen molar-refractivity contribution in [3.05, 3.63) is 11.6 Å².